The third-order valence-corrected chi connectivity index (χ3v) is 3.11. The molecule has 4 nitrogen and oxygen atoms in total. The summed E-state index contributed by atoms with van der Waals surface area (Å²) in [7, 11) is 1.64. The average molecular weight is 320 g/mol. The maximum Gasteiger partial charge on any atom is 0.120 e. The third-order valence-electron chi connectivity index (χ3n) is 3.11. The first kappa shape index (κ1) is 17.1. The van der Waals surface area contributed by atoms with Gasteiger partial charge in [-0.05, 0) is 42.0 Å². The van der Waals surface area contributed by atoms with Crippen LogP contribution in [0.5, 0.6) is 17.2 Å². The molecule has 124 valence electrons. The number of benzene rings is 2. The molecule has 5 heteroatoms. The molecule has 0 N–H and O–H groups in total. The van der Waals surface area contributed by atoms with E-state index in [0.717, 1.165) is 22.8 Å². The van der Waals surface area contributed by atoms with Gasteiger partial charge in [-0.15, -0.1) is 0 Å². The van der Waals surface area contributed by atoms with E-state index in [-0.39, 0.29) is 6.61 Å². The van der Waals surface area contributed by atoms with Gasteiger partial charge in [0.2, 0.25) is 0 Å². The monoisotopic (exact) mass is 320 g/mol. The number of rotatable bonds is 10. The van der Waals surface area contributed by atoms with Crippen LogP contribution in [0.1, 0.15) is 5.56 Å². The molecule has 0 unspecified atom stereocenters. The van der Waals surface area contributed by atoms with Gasteiger partial charge in [-0.1, -0.05) is 12.1 Å². The van der Waals surface area contributed by atoms with Crippen LogP contribution in [0.2, 0.25) is 0 Å². The molecule has 0 fully saturated rings. The second-order valence-electron chi connectivity index (χ2n) is 4.76. The topological polar surface area (TPSA) is 36.9 Å². The standard InChI is InChI=1S/C18H21FO4/c1-20-16-4-2-15(3-5-16)14-23-18-8-6-17(7-9-18)22-13-12-21-11-10-19/h2-9H,10-14H2,1H3. The van der Waals surface area contributed by atoms with E-state index < -0.39 is 6.67 Å². The molecular formula is C18H21FO4. The van der Waals surface area contributed by atoms with E-state index in [1.165, 1.54) is 0 Å². The molecule has 0 aromatic heterocycles. The quantitative estimate of drug-likeness (QED) is 0.626. The minimum absolute atomic E-state index is 0.113. The molecule has 0 bridgehead atoms. The normalized spacial score (nSPS) is 10.3. The van der Waals surface area contributed by atoms with E-state index in [1.807, 2.05) is 48.5 Å². The van der Waals surface area contributed by atoms with Crippen LogP contribution in [-0.4, -0.2) is 33.6 Å². The van der Waals surface area contributed by atoms with Crippen LogP contribution in [0.4, 0.5) is 4.39 Å². The molecule has 0 aliphatic rings. The van der Waals surface area contributed by atoms with Crippen molar-refractivity contribution in [2.24, 2.45) is 0 Å². The Bertz CT molecular complexity index is 554. The van der Waals surface area contributed by atoms with Gasteiger partial charge in [-0.2, -0.15) is 0 Å². The lowest BCUT2D eigenvalue weighted by Gasteiger charge is -2.09. The Hall–Kier alpha value is -2.27. The number of hydrogen-bond acceptors (Lipinski definition) is 4. The zero-order chi connectivity index (χ0) is 16.3. The van der Waals surface area contributed by atoms with E-state index >= 15 is 0 Å². The van der Waals surface area contributed by atoms with Gasteiger partial charge >= 0.3 is 0 Å². The molecule has 2 rings (SSSR count). The van der Waals surface area contributed by atoms with Crippen LogP contribution >= 0.6 is 0 Å². The number of ether oxygens (including phenoxy) is 4. The second kappa shape index (κ2) is 9.69. The lowest BCUT2D eigenvalue weighted by atomic mass is 10.2. The number of halogens is 1. The van der Waals surface area contributed by atoms with Gasteiger partial charge in [0, 0.05) is 0 Å². The highest BCUT2D eigenvalue weighted by Crippen LogP contribution is 2.19. The smallest absolute Gasteiger partial charge is 0.120 e. The Balaban J connectivity index is 1.73. The predicted octanol–water partition coefficient (Wildman–Crippen LogP) is 3.64. The van der Waals surface area contributed by atoms with Gasteiger partial charge < -0.3 is 18.9 Å². The molecular weight excluding hydrogens is 299 g/mol. The van der Waals surface area contributed by atoms with Crippen molar-refractivity contribution in [3.8, 4) is 17.2 Å². The van der Waals surface area contributed by atoms with Gasteiger partial charge in [0.25, 0.3) is 0 Å². The van der Waals surface area contributed by atoms with E-state index in [1.54, 1.807) is 7.11 Å². The maximum atomic E-state index is 11.8. The SMILES string of the molecule is COc1ccc(COc2ccc(OCCOCCF)cc2)cc1. The highest BCUT2D eigenvalue weighted by atomic mass is 19.1. The van der Waals surface area contributed by atoms with Crippen molar-refractivity contribution in [1.82, 2.24) is 0 Å². The van der Waals surface area contributed by atoms with Crippen LogP contribution in [0.25, 0.3) is 0 Å². The fourth-order valence-electron chi connectivity index (χ4n) is 1.90. The van der Waals surface area contributed by atoms with Crippen LogP contribution in [0.15, 0.2) is 48.5 Å². The van der Waals surface area contributed by atoms with Crippen LogP contribution < -0.4 is 14.2 Å². The van der Waals surface area contributed by atoms with Crippen LogP contribution in [0.3, 0.4) is 0 Å². The molecule has 0 aliphatic carbocycles. The number of alkyl halides is 1. The van der Waals surface area contributed by atoms with Gasteiger partial charge in [0.15, 0.2) is 0 Å². The summed E-state index contributed by atoms with van der Waals surface area (Å²) in [5, 5.41) is 0. The highest BCUT2D eigenvalue weighted by Gasteiger charge is 1.99. The van der Waals surface area contributed by atoms with Gasteiger partial charge in [0.05, 0.1) is 20.3 Å². The Morgan fingerprint density at radius 3 is 1.96 bits per heavy atom. The summed E-state index contributed by atoms with van der Waals surface area (Å²) in [6, 6.07) is 15.1. The molecule has 2 aromatic carbocycles. The third kappa shape index (κ3) is 6.16. The summed E-state index contributed by atoms with van der Waals surface area (Å²) in [4.78, 5) is 0. The molecule has 0 radical (unpaired) electrons. The Labute approximate surface area is 135 Å². The molecule has 0 amide bonds. The largest absolute Gasteiger partial charge is 0.497 e. The maximum absolute atomic E-state index is 11.8. The second-order valence-corrected chi connectivity index (χ2v) is 4.76. The molecule has 23 heavy (non-hydrogen) atoms. The Kier molecular flexibility index (Phi) is 7.20. The van der Waals surface area contributed by atoms with Crippen LogP contribution in [0, 0.1) is 0 Å². The van der Waals surface area contributed by atoms with Crippen LogP contribution in [-0.2, 0) is 11.3 Å². The minimum Gasteiger partial charge on any atom is -0.497 e. The van der Waals surface area contributed by atoms with Crippen molar-refractivity contribution >= 4 is 0 Å². The fraction of sp³-hybridized carbons (Fsp3) is 0.333. The van der Waals surface area contributed by atoms with Gasteiger partial charge in [-0.25, -0.2) is 4.39 Å². The molecule has 2 aromatic rings. The molecule has 0 saturated carbocycles. The first-order valence-electron chi connectivity index (χ1n) is 7.44. The Morgan fingerprint density at radius 1 is 0.739 bits per heavy atom. The first-order chi connectivity index (χ1) is 11.3. The van der Waals surface area contributed by atoms with Gasteiger partial charge in [-0.3, -0.25) is 0 Å². The summed E-state index contributed by atoms with van der Waals surface area (Å²) < 4.78 is 33.1. The summed E-state index contributed by atoms with van der Waals surface area (Å²) in [5.41, 5.74) is 1.07. The van der Waals surface area contributed by atoms with E-state index in [9.17, 15) is 4.39 Å². The minimum atomic E-state index is -0.472. The van der Waals surface area contributed by atoms with Crippen molar-refractivity contribution in [3.63, 3.8) is 0 Å². The molecule has 0 atom stereocenters. The highest BCUT2D eigenvalue weighted by molar-refractivity contribution is 5.32. The summed E-state index contributed by atoms with van der Waals surface area (Å²) in [6.07, 6.45) is 0. The summed E-state index contributed by atoms with van der Waals surface area (Å²) in [5.74, 6) is 2.32. The van der Waals surface area contributed by atoms with E-state index in [0.29, 0.717) is 19.8 Å². The summed E-state index contributed by atoms with van der Waals surface area (Å²) in [6.45, 7) is 0.898. The lowest BCUT2D eigenvalue weighted by molar-refractivity contribution is 0.0897. The molecule has 0 spiro atoms. The average Bonchev–Trinajstić information content (AvgIpc) is 2.61. The molecule has 0 heterocycles. The zero-order valence-corrected chi connectivity index (χ0v) is 13.2. The Morgan fingerprint density at radius 2 is 1.35 bits per heavy atom. The van der Waals surface area contributed by atoms with Crippen molar-refractivity contribution in [3.05, 3.63) is 54.1 Å². The van der Waals surface area contributed by atoms with E-state index in [2.05, 4.69) is 0 Å². The number of hydrogen-bond donors (Lipinski definition) is 0. The predicted molar refractivity (Wildman–Crippen MR) is 86.1 cm³/mol. The summed E-state index contributed by atoms with van der Waals surface area (Å²) >= 11 is 0. The molecule has 0 aliphatic heterocycles. The van der Waals surface area contributed by atoms with Crippen molar-refractivity contribution in [2.45, 2.75) is 6.61 Å². The first-order valence-corrected chi connectivity index (χ1v) is 7.44. The van der Waals surface area contributed by atoms with Crippen molar-refractivity contribution < 1.29 is 23.3 Å². The lowest BCUT2D eigenvalue weighted by Crippen LogP contribution is -2.08. The number of methoxy groups -OCH3 is 1. The zero-order valence-electron chi connectivity index (χ0n) is 13.2. The van der Waals surface area contributed by atoms with Crippen molar-refractivity contribution in [1.29, 1.82) is 0 Å². The van der Waals surface area contributed by atoms with Crippen molar-refractivity contribution in [2.75, 3.05) is 33.6 Å². The molecule has 0 saturated heterocycles. The van der Waals surface area contributed by atoms with Gasteiger partial charge in [0.1, 0.15) is 37.1 Å². The fourth-order valence-corrected chi connectivity index (χ4v) is 1.90. The van der Waals surface area contributed by atoms with E-state index in [4.69, 9.17) is 18.9 Å².